The molecule has 2 aromatic carbocycles. The first-order chi connectivity index (χ1) is 16.3. The predicted octanol–water partition coefficient (Wildman–Crippen LogP) is -0.519. The van der Waals surface area contributed by atoms with E-state index in [1.165, 1.54) is 6.92 Å². The lowest BCUT2D eigenvalue weighted by Gasteiger charge is -2.10. The van der Waals surface area contributed by atoms with E-state index >= 15 is 0 Å². The number of rotatable bonds is 8. The molecule has 0 saturated carbocycles. The van der Waals surface area contributed by atoms with Crippen molar-refractivity contribution in [3.05, 3.63) is 61.4 Å². The summed E-state index contributed by atoms with van der Waals surface area (Å²) in [5.74, 6) is -0.00504. The highest BCUT2D eigenvalue weighted by Gasteiger charge is 2.33. The van der Waals surface area contributed by atoms with Gasteiger partial charge in [0.1, 0.15) is 10.6 Å². The molecule has 0 aliphatic carbocycles. The lowest BCUT2D eigenvalue weighted by molar-refractivity contribution is -0.735. The van der Waals surface area contributed by atoms with Gasteiger partial charge < -0.3 is 14.8 Å². The summed E-state index contributed by atoms with van der Waals surface area (Å²) >= 11 is -2.85. The molecule has 0 radical (unpaired) electrons. The van der Waals surface area contributed by atoms with Crippen molar-refractivity contribution in [2.24, 2.45) is 0 Å². The van der Waals surface area contributed by atoms with Gasteiger partial charge in [0.15, 0.2) is 21.7 Å². The lowest BCUT2D eigenvalue weighted by atomic mass is 10.1. The van der Waals surface area contributed by atoms with Crippen LogP contribution in [0.25, 0.3) is 11.4 Å². The number of aromatic nitrogens is 4. The standard InChI is InChI=1S/C16H14N6O11S2/c1-8-17-19(11-4-15(34(29)30)13(21(25)26)2-9(11)6-23)20(18-8)12-5-16(35(31,32)33)14(22(27)28)3-10(12)7-24/h2-5,23-24H,6-7H2,1H3,(H-,29,30,31,32,33)/p+1. The summed E-state index contributed by atoms with van der Waals surface area (Å²) in [5, 5.41) is 50.2. The molecule has 4 N–H and O–H groups in total. The van der Waals surface area contributed by atoms with Crippen molar-refractivity contribution in [3.63, 3.8) is 0 Å². The fourth-order valence-electron chi connectivity index (χ4n) is 3.15. The Bertz CT molecular complexity index is 1500. The number of nitro benzene ring substituents is 2. The monoisotopic (exact) mass is 531 g/mol. The predicted molar refractivity (Wildman–Crippen MR) is 112 cm³/mol. The van der Waals surface area contributed by atoms with Crippen molar-refractivity contribution in [2.75, 3.05) is 0 Å². The highest BCUT2D eigenvalue weighted by Crippen LogP contribution is 2.30. The van der Waals surface area contributed by atoms with E-state index in [-0.39, 0.29) is 28.3 Å². The van der Waals surface area contributed by atoms with Crippen LogP contribution in [-0.4, -0.2) is 56.8 Å². The summed E-state index contributed by atoms with van der Waals surface area (Å²) in [6.07, 6.45) is 0. The number of nitro groups is 2. The van der Waals surface area contributed by atoms with Gasteiger partial charge >= 0.3 is 15.9 Å². The fourth-order valence-corrected chi connectivity index (χ4v) is 4.33. The molecular formula is C16H15N6O11S2+. The normalized spacial score (nSPS) is 12.5. The molecule has 0 fully saturated rings. The maximum Gasteiger partial charge on any atom is 0.306 e. The molecule has 0 spiro atoms. The molecule has 17 nitrogen and oxygen atoms in total. The first-order valence-electron chi connectivity index (χ1n) is 9.09. The number of hydrogen-bond acceptors (Lipinski definition) is 11. The Labute approximate surface area is 197 Å². The molecule has 1 atom stereocenters. The van der Waals surface area contributed by atoms with E-state index in [1.54, 1.807) is 0 Å². The molecule has 0 aliphatic heterocycles. The molecule has 1 heterocycles. The van der Waals surface area contributed by atoms with Crippen LogP contribution < -0.4 is 4.80 Å². The number of tetrazole rings is 1. The Morgan fingerprint density at radius 3 is 2.11 bits per heavy atom. The number of hydrogen-bond donors (Lipinski definition) is 4. The summed E-state index contributed by atoms with van der Waals surface area (Å²) in [5.41, 5.74) is -2.73. The van der Waals surface area contributed by atoms with Crippen LogP contribution in [-0.2, 0) is 34.4 Å². The molecule has 0 bridgehead atoms. The molecule has 0 amide bonds. The first kappa shape index (κ1) is 25.9. The first-order valence-corrected chi connectivity index (χ1v) is 11.6. The Morgan fingerprint density at radius 2 is 1.63 bits per heavy atom. The van der Waals surface area contributed by atoms with E-state index in [1.807, 2.05) is 0 Å². The molecule has 186 valence electrons. The SMILES string of the molecule is Cc1nn(-c2cc(S(=O)O)c([N+](=O)[O-])cc2CO)[n+](-c2cc(S(=O)(=O)O)c([N+](=O)[O-])cc2CO)n1. The molecule has 0 aliphatic rings. The smallest absolute Gasteiger partial charge is 0.306 e. The van der Waals surface area contributed by atoms with Crippen LogP contribution in [0.15, 0.2) is 34.1 Å². The van der Waals surface area contributed by atoms with E-state index < -0.39 is 65.4 Å². The zero-order valence-corrected chi connectivity index (χ0v) is 19.0. The van der Waals surface area contributed by atoms with Gasteiger partial charge in [-0.15, -0.1) is 0 Å². The van der Waals surface area contributed by atoms with Crippen molar-refractivity contribution >= 4 is 32.6 Å². The number of aliphatic hydroxyl groups excluding tert-OH is 2. The Balaban J connectivity index is 2.43. The van der Waals surface area contributed by atoms with Gasteiger partial charge in [-0.05, 0) is 16.0 Å². The Morgan fingerprint density at radius 1 is 1.06 bits per heavy atom. The second-order valence-corrected chi connectivity index (χ2v) is 9.11. The van der Waals surface area contributed by atoms with Crippen LogP contribution in [0.4, 0.5) is 11.4 Å². The molecule has 3 aromatic rings. The number of benzene rings is 2. The summed E-state index contributed by atoms with van der Waals surface area (Å²) in [7, 11) is -5.13. The average molecular weight is 531 g/mol. The Kier molecular flexibility index (Phi) is 7.01. The molecule has 3 rings (SSSR count). The van der Waals surface area contributed by atoms with Crippen molar-refractivity contribution in [1.82, 2.24) is 15.0 Å². The van der Waals surface area contributed by atoms with Crippen LogP contribution in [0.2, 0.25) is 0 Å². The quantitative estimate of drug-likeness (QED) is 0.0939. The maximum atomic E-state index is 11.8. The van der Waals surface area contributed by atoms with Gasteiger partial charge in [-0.25, -0.2) is 4.21 Å². The van der Waals surface area contributed by atoms with E-state index in [0.29, 0.717) is 12.1 Å². The van der Waals surface area contributed by atoms with Crippen LogP contribution >= 0.6 is 0 Å². The molecule has 19 heteroatoms. The molecule has 1 aromatic heterocycles. The second kappa shape index (κ2) is 9.48. The summed E-state index contributed by atoms with van der Waals surface area (Å²) < 4.78 is 54.4. The van der Waals surface area contributed by atoms with E-state index in [4.69, 9.17) is 0 Å². The van der Waals surface area contributed by atoms with Crippen LogP contribution in [0.5, 0.6) is 0 Å². The van der Waals surface area contributed by atoms with Crippen molar-refractivity contribution in [3.8, 4) is 11.4 Å². The van der Waals surface area contributed by atoms with Crippen molar-refractivity contribution < 1.29 is 46.6 Å². The summed E-state index contributed by atoms with van der Waals surface area (Å²) in [6, 6.07) is 3.04. The van der Waals surface area contributed by atoms with E-state index in [2.05, 4.69) is 10.2 Å². The molecule has 35 heavy (non-hydrogen) atoms. The van der Waals surface area contributed by atoms with Gasteiger partial charge in [0.2, 0.25) is 0 Å². The number of nitrogens with zero attached hydrogens (tertiary/aromatic N) is 6. The lowest BCUT2D eigenvalue weighted by Crippen LogP contribution is -2.44. The number of aryl methyl sites for hydroxylation is 1. The highest BCUT2D eigenvalue weighted by atomic mass is 32.2. The van der Waals surface area contributed by atoms with Gasteiger partial charge in [0, 0.05) is 41.0 Å². The summed E-state index contributed by atoms with van der Waals surface area (Å²) in [6.45, 7) is -0.299. The molecule has 0 saturated heterocycles. The third-order valence-corrected chi connectivity index (χ3v) is 6.20. The second-order valence-electron chi connectivity index (χ2n) is 6.78. The maximum absolute atomic E-state index is 11.8. The third-order valence-electron chi connectivity index (χ3n) is 4.61. The largest absolute Gasteiger partial charge is 0.392 e. The summed E-state index contributed by atoms with van der Waals surface area (Å²) in [4.78, 5) is 20.5. The zero-order valence-electron chi connectivity index (χ0n) is 17.4. The van der Waals surface area contributed by atoms with Gasteiger partial charge in [0.25, 0.3) is 11.4 Å². The fraction of sp³-hybridized carbons (Fsp3) is 0.188. The van der Waals surface area contributed by atoms with Gasteiger partial charge in [-0.1, -0.05) is 0 Å². The average Bonchev–Trinajstić information content (AvgIpc) is 3.17. The Hall–Kier alpha value is -3.75. The topological polar surface area (TPSA) is 253 Å². The minimum absolute atomic E-state index is 0.00504. The zero-order chi connectivity index (χ0) is 26.2. The number of aliphatic hydroxyl groups is 2. The van der Waals surface area contributed by atoms with Gasteiger partial charge in [-0.3, -0.25) is 24.8 Å². The van der Waals surface area contributed by atoms with Crippen LogP contribution in [0, 0.1) is 27.2 Å². The van der Waals surface area contributed by atoms with E-state index in [9.17, 15) is 52.2 Å². The van der Waals surface area contributed by atoms with Gasteiger partial charge in [-0.2, -0.15) is 8.42 Å². The van der Waals surface area contributed by atoms with E-state index in [0.717, 1.165) is 21.7 Å². The van der Waals surface area contributed by atoms with Crippen LogP contribution in [0.1, 0.15) is 17.0 Å². The molecule has 1 unspecified atom stereocenters. The van der Waals surface area contributed by atoms with Crippen molar-refractivity contribution in [2.45, 2.75) is 29.9 Å². The third kappa shape index (κ3) is 4.89. The minimum atomic E-state index is -5.13. The van der Waals surface area contributed by atoms with Crippen LogP contribution in [0.3, 0.4) is 0 Å². The van der Waals surface area contributed by atoms with Gasteiger partial charge in [0.05, 0.1) is 28.2 Å². The van der Waals surface area contributed by atoms with Crippen molar-refractivity contribution in [1.29, 1.82) is 0 Å². The minimum Gasteiger partial charge on any atom is -0.392 e. The highest BCUT2D eigenvalue weighted by molar-refractivity contribution is 7.86. The molecular weight excluding hydrogens is 516 g/mol.